The van der Waals surface area contributed by atoms with Gasteiger partial charge in [0.1, 0.15) is 6.29 Å². The molecule has 3 nitrogen and oxygen atoms in total. The van der Waals surface area contributed by atoms with Crippen molar-refractivity contribution in [2.75, 3.05) is 0 Å². The lowest BCUT2D eigenvalue weighted by Crippen LogP contribution is -1.85. The summed E-state index contributed by atoms with van der Waals surface area (Å²) in [6, 6.07) is 7.30. The summed E-state index contributed by atoms with van der Waals surface area (Å²) >= 11 is 0. The predicted molar refractivity (Wildman–Crippen MR) is 50.9 cm³/mol. The van der Waals surface area contributed by atoms with Gasteiger partial charge in [-0.15, -0.1) is 0 Å². The minimum atomic E-state index is 0.701. The summed E-state index contributed by atoms with van der Waals surface area (Å²) in [5.41, 5.74) is 1.61. The number of oxime groups is 1. The number of carbonyl (C=O) groups is 1. The van der Waals surface area contributed by atoms with Gasteiger partial charge in [0.2, 0.25) is 0 Å². The fourth-order valence-electron chi connectivity index (χ4n) is 0.985. The molecule has 66 valence electrons. The van der Waals surface area contributed by atoms with E-state index < -0.39 is 0 Å². The van der Waals surface area contributed by atoms with Crippen molar-refractivity contribution >= 4 is 18.6 Å². The van der Waals surface area contributed by atoms with Gasteiger partial charge in [-0.3, -0.25) is 4.79 Å². The van der Waals surface area contributed by atoms with Crippen LogP contribution < -0.4 is 0 Å². The summed E-state index contributed by atoms with van der Waals surface area (Å²) in [6.45, 7) is 0. The molecule has 0 radical (unpaired) electrons. The van der Waals surface area contributed by atoms with E-state index >= 15 is 0 Å². The lowest BCUT2D eigenvalue weighted by molar-refractivity contribution is -0.104. The molecule has 1 N–H and O–H groups in total. The average molecular weight is 175 g/mol. The third kappa shape index (κ3) is 2.56. The number of carbonyl (C=O) groups excluding carboxylic acids is 1. The van der Waals surface area contributed by atoms with E-state index in [9.17, 15) is 4.79 Å². The highest BCUT2D eigenvalue weighted by Gasteiger charge is 1.93. The molecule has 0 aliphatic heterocycles. The molecule has 0 bridgehead atoms. The number of allylic oxidation sites excluding steroid dienone is 1. The molecule has 0 unspecified atom stereocenters. The van der Waals surface area contributed by atoms with Crippen LogP contribution in [-0.2, 0) is 4.79 Å². The lowest BCUT2D eigenvalue weighted by atomic mass is 10.1. The Hall–Kier alpha value is -1.90. The van der Waals surface area contributed by atoms with E-state index in [1.54, 1.807) is 12.1 Å². The second-order valence-corrected chi connectivity index (χ2v) is 2.37. The number of hydrogen-bond donors (Lipinski definition) is 1. The SMILES string of the molecule is O=CC=Cc1ccccc1C=NO. The van der Waals surface area contributed by atoms with Gasteiger partial charge in [0, 0.05) is 5.56 Å². The molecule has 13 heavy (non-hydrogen) atoms. The zero-order chi connectivity index (χ0) is 9.52. The van der Waals surface area contributed by atoms with Crippen LogP contribution in [0.1, 0.15) is 11.1 Å². The second kappa shape index (κ2) is 4.87. The van der Waals surface area contributed by atoms with Gasteiger partial charge in [-0.1, -0.05) is 35.5 Å². The van der Waals surface area contributed by atoms with E-state index in [0.29, 0.717) is 6.29 Å². The monoisotopic (exact) mass is 175 g/mol. The molecule has 0 saturated carbocycles. The highest BCUT2D eigenvalue weighted by atomic mass is 16.4. The molecule has 0 aliphatic rings. The van der Waals surface area contributed by atoms with Gasteiger partial charge >= 0.3 is 0 Å². The van der Waals surface area contributed by atoms with Gasteiger partial charge in [0.15, 0.2) is 0 Å². The van der Waals surface area contributed by atoms with Crippen LogP contribution in [0, 0.1) is 0 Å². The quantitative estimate of drug-likeness (QED) is 0.250. The van der Waals surface area contributed by atoms with Gasteiger partial charge in [-0.25, -0.2) is 0 Å². The zero-order valence-corrected chi connectivity index (χ0v) is 6.92. The Labute approximate surface area is 76.0 Å². The molecule has 0 aromatic heterocycles. The van der Waals surface area contributed by atoms with E-state index in [-0.39, 0.29) is 0 Å². The van der Waals surface area contributed by atoms with Crippen LogP contribution in [0.25, 0.3) is 6.08 Å². The Balaban J connectivity index is 3.03. The van der Waals surface area contributed by atoms with Crippen molar-refractivity contribution in [2.24, 2.45) is 5.16 Å². The number of aldehydes is 1. The molecule has 1 rings (SSSR count). The van der Waals surface area contributed by atoms with Gasteiger partial charge < -0.3 is 5.21 Å². The lowest BCUT2D eigenvalue weighted by Gasteiger charge is -1.96. The number of nitrogens with zero attached hydrogens (tertiary/aromatic N) is 1. The average Bonchev–Trinajstić information content (AvgIpc) is 2.17. The fourth-order valence-corrected chi connectivity index (χ4v) is 0.985. The Bertz CT molecular complexity index is 343. The fraction of sp³-hybridized carbons (Fsp3) is 0. The second-order valence-electron chi connectivity index (χ2n) is 2.37. The Morgan fingerprint density at radius 1 is 1.23 bits per heavy atom. The maximum absolute atomic E-state index is 10.1. The number of benzene rings is 1. The summed E-state index contributed by atoms with van der Waals surface area (Å²) in [4.78, 5) is 10.1. The van der Waals surface area contributed by atoms with E-state index in [1.165, 1.54) is 12.3 Å². The van der Waals surface area contributed by atoms with Crippen molar-refractivity contribution in [1.82, 2.24) is 0 Å². The standard InChI is InChI=1S/C10H9NO2/c12-7-3-6-9-4-1-2-5-10(9)8-11-13/h1-8,13H. The highest BCUT2D eigenvalue weighted by molar-refractivity contribution is 5.86. The van der Waals surface area contributed by atoms with Crippen LogP contribution in [0.5, 0.6) is 0 Å². The Kier molecular flexibility index (Phi) is 3.45. The van der Waals surface area contributed by atoms with Crippen molar-refractivity contribution < 1.29 is 10.0 Å². The third-order valence-corrected chi connectivity index (χ3v) is 1.55. The van der Waals surface area contributed by atoms with Gasteiger partial charge in [-0.2, -0.15) is 0 Å². The van der Waals surface area contributed by atoms with Gasteiger partial charge in [0.25, 0.3) is 0 Å². The Morgan fingerprint density at radius 2 is 1.92 bits per heavy atom. The highest BCUT2D eigenvalue weighted by Crippen LogP contribution is 2.07. The summed E-state index contributed by atoms with van der Waals surface area (Å²) in [6.07, 6.45) is 5.07. The molecule has 0 spiro atoms. The molecule has 0 saturated heterocycles. The van der Waals surface area contributed by atoms with E-state index in [0.717, 1.165) is 11.1 Å². The van der Waals surface area contributed by atoms with Crippen LogP contribution in [-0.4, -0.2) is 17.7 Å². The number of hydrogen-bond acceptors (Lipinski definition) is 3. The first kappa shape index (κ1) is 9.19. The molecule has 0 atom stereocenters. The Morgan fingerprint density at radius 3 is 2.54 bits per heavy atom. The van der Waals surface area contributed by atoms with Gasteiger partial charge in [-0.05, 0) is 11.6 Å². The van der Waals surface area contributed by atoms with Crippen LogP contribution in [0.2, 0.25) is 0 Å². The predicted octanol–water partition coefficient (Wildman–Crippen LogP) is 1.71. The van der Waals surface area contributed by atoms with Crippen molar-refractivity contribution in [3.05, 3.63) is 41.5 Å². The first-order valence-corrected chi connectivity index (χ1v) is 3.77. The van der Waals surface area contributed by atoms with Crippen molar-refractivity contribution in [1.29, 1.82) is 0 Å². The summed E-state index contributed by atoms with van der Waals surface area (Å²) in [5, 5.41) is 11.3. The van der Waals surface area contributed by atoms with Crippen LogP contribution in [0.3, 0.4) is 0 Å². The first-order chi connectivity index (χ1) is 6.38. The molecular weight excluding hydrogens is 166 g/mol. The first-order valence-electron chi connectivity index (χ1n) is 3.77. The molecule has 0 aliphatic carbocycles. The van der Waals surface area contributed by atoms with Crippen LogP contribution in [0.4, 0.5) is 0 Å². The van der Waals surface area contributed by atoms with Crippen LogP contribution in [0.15, 0.2) is 35.5 Å². The minimum absolute atomic E-state index is 0.701. The van der Waals surface area contributed by atoms with E-state index in [2.05, 4.69) is 5.16 Å². The molecular formula is C10H9NO2. The van der Waals surface area contributed by atoms with Crippen LogP contribution >= 0.6 is 0 Å². The molecule has 1 aromatic carbocycles. The summed E-state index contributed by atoms with van der Waals surface area (Å²) < 4.78 is 0. The molecule has 0 fully saturated rings. The van der Waals surface area contributed by atoms with Crippen molar-refractivity contribution in [3.63, 3.8) is 0 Å². The summed E-state index contributed by atoms with van der Waals surface area (Å²) in [5.74, 6) is 0. The molecule has 3 heteroatoms. The minimum Gasteiger partial charge on any atom is -0.411 e. The third-order valence-electron chi connectivity index (χ3n) is 1.55. The zero-order valence-electron chi connectivity index (χ0n) is 6.92. The van der Waals surface area contributed by atoms with E-state index in [4.69, 9.17) is 5.21 Å². The largest absolute Gasteiger partial charge is 0.411 e. The topological polar surface area (TPSA) is 49.7 Å². The van der Waals surface area contributed by atoms with Crippen molar-refractivity contribution in [3.8, 4) is 0 Å². The molecule has 0 heterocycles. The molecule has 0 amide bonds. The van der Waals surface area contributed by atoms with Crippen molar-refractivity contribution in [2.45, 2.75) is 0 Å². The van der Waals surface area contributed by atoms with Gasteiger partial charge in [0.05, 0.1) is 6.21 Å². The number of rotatable bonds is 3. The molecule has 1 aromatic rings. The van der Waals surface area contributed by atoms with E-state index in [1.807, 2.05) is 18.2 Å². The summed E-state index contributed by atoms with van der Waals surface area (Å²) in [7, 11) is 0. The maximum Gasteiger partial charge on any atom is 0.142 e. The normalized spacial score (nSPS) is 11.1. The maximum atomic E-state index is 10.1. The smallest absolute Gasteiger partial charge is 0.142 e.